The molecule has 1 atom stereocenters. The van der Waals surface area contributed by atoms with Gasteiger partial charge < -0.3 is 10.4 Å². The molecule has 2 aromatic carbocycles. The van der Waals surface area contributed by atoms with Crippen molar-refractivity contribution in [3.8, 4) is 0 Å². The van der Waals surface area contributed by atoms with Gasteiger partial charge >= 0.3 is 10.2 Å². The van der Waals surface area contributed by atoms with Crippen LogP contribution in [0.4, 0.5) is 0 Å². The van der Waals surface area contributed by atoms with Crippen molar-refractivity contribution in [2.45, 2.75) is 26.4 Å². The summed E-state index contributed by atoms with van der Waals surface area (Å²) in [4.78, 5) is 0. The van der Waals surface area contributed by atoms with Crippen LogP contribution >= 0.6 is 11.6 Å². The minimum absolute atomic E-state index is 0.00538. The van der Waals surface area contributed by atoms with Gasteiger partial charge in [0.25, 0.3) is 0 Å². The summed E-state index contributed by atoms with van der Waals surface area (Å²) in [6.45, 7) is 6.37. The van der Waals surface area contributed by atoms with Crippen molar-refractivity contribution in [1.82, 2.24) is 14.6 Å². The molecule has 0 radical (unpaired) electrons. The Bertz CT molecular complexity index is 1090. The van der Waals surface area contributed by atoms with Gasteiger partial charge in [0.15, 0.2) is 5.60 Å². The maximum Gasteiger partial charge on any atom is 0.325 e. The van der Waals surface area contributed by atoms with E-state index in [1.54, 1.807) is 38.1 Å². The number of nitrogens with one attached hydrogen (secondary N) is 1. The molecule has 2 N–H and O–H groups in total. The zero-order valence-corrected chi connectivity index (χ0v) is 19.9. The molecule has 0 aromatic heterocycles. The van der Waals surface area contributed by atoms with Crippen molar-refractivity contribution in [2.75, 3.05) is 26.2 Å². The second kappa shape index (κ2) is 9.99. The number of rotatable bonds is 7. The van der Waals surface area contributed by atoms with E-state index in [0.717, 1.165) is 0 Å². The summed E-state index contributed by atoms with van der Waals surface area (Å²) in [5, 5.41) is 21.3. The van der Waals surface area contributed by atoms with Gasteiger partial charge in [-0.25, -0.2) is 5.01 Å². The zero-order valence-electron chi connectivity index (χ0n) is 18.4. The van der Waals surface area contributed by atoms with Crippen molar-refractivity contribution in [3.63, 3.8) is 0 Å². The van der Waals surface area contributed by atoms with Crippen LogP contribution in [0.25, 0.3) is 0 Å². The van der Waals surface area contributed by atoms with Gasteiger partial charge in [0.1, 0.15) is 5.71 Å². The van der Waals surface area contributed by atoms with Crippen molar-refractivity contribution in [3.05, 3.63) is 70.7 Å². The van der Waals surface area contributed by atoms with Crippen LogP contribution in [0.5, 0.6) is 0 Å². The number of hydrazone groups is 1. The Morgan fingerprint density at radius 1 is 1.16 bits per heavy atom. The van der Waals surface area contributed by atoms with Gasteiger partial charge in [-0.3, -0.25) is 0 Å². The zero-order chi connectivity index (χ0) is 23.4. The Morgan fingerprint density at radius 3 is 2.34 bits per heavy atom. The van der Waals surface area contributed by atoms with Gasteiger partial charge in [-0.2, -0.15) is 17.8 Å². The van der Waals surface area contributed by atoms with Crippen LogP contribution in [0.3, 0.4) is 0 Å². The monoisotopic (exact) mass is 477 g/mol. The molecular weight excluding hydrogens is 450 g/mol. The van der Waals surface area contributed by atoms with Gasteiger partial charge in [-0.15, -0.1) is 4.40 Å². The van der Waals surface area contributed by atoms with E-state index in [2.05, 4.69) is 14.8 Å². The van der Waals surface area contributed by atoms with Crippen LogP contribution < -0.4 is 5.32 Å². The molecule has 0 spiro atoms. The molecule has 0 amide bonds. The smallest absolute Gasteiger partial charge is 0.325 e. The Hall–Kier alpha value is -2.46. The molecule has 0 aliphatic carbocycles. The van der Waals surface area contributed by atoms with Crippen molar-refractivity contribution in [2.24, 2.45) is 9.50 Å². The molecule has 0 saturated carbocycles. The Kier molecular flexibility index (Phi) is 7.55. The highest BCUT2D eigenvalue weighted by Gasteiger charge is 2.45. The second-order valence-electron chi connectivity index (χ2n) is 7.25. The topological polar surface area (TPSA) is 97.6 Å². The lowest BCUT2D eigenvalue weighted by molar-refractivity contribution is 0.103. The molecule has 0 fully saturated rings. The summed E-state index contributed by atoms with van der Waals surface area (Å²) >= 11 is 6.04. The summed E-state index contributed by atoms with van der Waals surface area (Å²) in [5.41, 5.74) is 0.208. The average Bonchev–Trinajstić information content (AvgIpc) is 3.14. The summed E-state index contributed by atoms with van der Waals surface area (Å²) in [5.74, 6) is 0.0534. The quantitative estimate of drug-likeness (QED) is 0.472. The molecular formula is C22H28ClN5O3S. The fraction of sp³-hybridized carbons (Fsp3) is 0.364. The lowest BCUT2D eigenvalue weighted by Crippen LogP contribution is -2.44. The third-order valence-corrected chi connectivity index (χ3v) is 7.00. The van der Waals surface area contributed by atoms with Crippen molar-refractivity contribution in [1.29, 1.82) is 0 Å². The van der Waals surface area contributed by atoms with Crippen LogP contribution in [0.2, 0.25) is 5.02 Å². The molecule has 10 heteroatoms. The van der Waals surface area contributed by atoms with E-state index in [4.69, 9.17) is 11.6 Å². The van der Waals surface area contributed by atoms with E-state index in [9.17, 15) is 13.5 Å². The molecule has 1 heterocycles. The molecule has 8 nitrogen and oxygen atoms in total. The maximum absolute atomic E-state index is 12.8. The predicted molar refractivity (Wildman–Crippen MR) is 128 cm³/mol. The first-order valence-electron chi connectivity index (χ1n) is 10.5. The fourth-order valence-electron chi connectivity index (χ4n) is 3.54. The van der Waals surface area contributed by atoms with Crippen molar-refractivity contribution < 1.29 is 13.5 Å². The molecule has 2 aromatic rings. The number of aliphatic hydroxyl groups is 1. The van der Waals surface area contributed by atoms with Gasteiger partial charge in [0.05, 0.1) is 6.54 Å². The summed E-state index contributed by atoms with van der Waals surface area (Å²) < 4.78 is 30.9. The van der Waals surface area contributed by atoms with E-state index in [1.807, 2.05) is 37.3 Å². The standard InChI is InChI=1S/C22H28ClN5O3S/c1-4-24-21(26-32(30,31)27(5-2)6-3)28-16-22(29,18-10-8-7-9-11-18)20(25-28)17-12-14-19(23)15-13-17/h7-15,29H,4-6,16H2,1-3H3,(H,24,26). The van der Waals surface area contributed by atoms with Crippen LogP contribution in [-0.2, 0) is 15.8 Å². The van der Waals surface area contributed by atoms with Crippen molar-refractivity contribution >= 4 is 33.5 Å². The Labute approximate surface area is 194 Å². The summed E-state index contributed by atoms with van der Waals surface area (Å²) in [6.07, 6.45) is 0. The number of β-amino-alcohol motifs (C(OH)–C–C–N with tert-alkyl or cyclic N) is 1. The van der Waals surface area contributed by atoms with E-state index < -0.39 is 15.8 Å². The van der Waals surface area contributed by atoms with Gasteiger partial charge in [-0.05, 0) is 24.6 Å². The van der Waals surface area contributed by atoms with E-state index in [-0.39, 0.29) is 12.5 Å². The van der Waals surface area contributed by atoms with Crippen LogP contribution in [-0.4, -0.2) is 60.7 Å². The van der Waals surface area contributed by atoms with E-state index in [1.165, 1.54) is 9.31 Å². The van der Waals surface area contributed by atoms with E-state index >= 15 is 0 Å². The summed E-state index contributed by atoms with van der Waals surface area (Å²) in [6, 6.07) is 16.1. The third kappa shape index (κ3) is 4.96. The normalized spacial score (nSPS) is 19.4. The number of halogens is 1. The first kappa shape index (κ1) is 24.2. The van der Waals surface area contributed by atoms with E-state index in [0.29, 0.717) is 41.5 Å². The molecule has 1 aliphatic rings. The minimum Gasteiger partial charge on any atom is -0.377 e. The number of benzene rings is 2. The number of hydrogen-bond acceptors (Lipinski definition) is 4. The fourth-order valence-corrected chi connectivity index (χ4v) is 4.82. The SMILES string of the molecule is CCN/C(=N\S(=O)(=O)N(CC)CC)N1CC(O)(c2ccccc2)C(c2ccc(Cl)cc2)=N1. The lowest BCUT2D eigenvalue weighted by atomic mass is 9.86. The van der Waals surface area contributed by atoms with Crippen LogP contribution in [0.15, 0.2) is 64.1 Å². The summed E-state index contributed by atoms with van der Waals surface area (Å²) in [7, 11) is -3.92. The number of nitrogens with zero attached hydrogens (tertiary/aromatic N) is 4. The van der Waals surface area contributed by atoms with Crippen LogP contribution in [0, 0.1) is 0 Å². The molecule has 3 rings (SSSR count). The lowest BCUT2D eigenvalue weighted by Gasteiger charge is -2.26. The average molecular weight is 478 g/mol. The van der Waals surface area contributed by atoms with Crippen LogP contribution in [0.1, 0.15) is 31.9 Å². The molecule has 32 heavy (non-hydrogen) atoms. The van der Waals surface area contributed by atoms with Gasteiger partial charge in [-0.1, -0.05) is 67.9 Å². The molecule has 0 bridgehead atoms. The largest absolute Gasteiger partial charge is 0.377 e. The molecule has 1 unspecified atom stereocenters. The number of hydrogen-bond donors (Lipinski definition) is 2. The highest BCUT2D eigenvalue weighted by molar-refractivity contribution is 7.87. The molecule has 0 saturated heterocycles. The molecule has 172 valence electrons. The van der Waals surface area contributed by atoms with Gasteiger partial charge in [0, 0.05) is 30.2 Å². The first-order chi connectivity index (χ1) is 15.2. The number of guanidine groups is 1. The first-order valence-corrected chi connectivity index (χ1v) is 12.3. The predicted octanol–water partition coefficient (Wildman–Crippen LogP) is 2.80. The minimum atomic E-state index is -3.92. The Morgan fingerprint density at radius 2 is 1.78 bits per heavy atom. The highest BCUT2D eigenvalue weighted by atomic mass is 35.5. The highest BCUT2D eigenvalue weighted by Crippen LogP contribution is 2.33. The second-order valence-corrected chi connectivity index (χ2v) is 9.28. The Balaban J connectivity index is 2.11. The maximum atomic E-state index is 12.8. The third-order valence-electron chi connectivity index (χ3n) is 5.17. The van der Waals surface area contributed by atoms with Gasteiger partial charge in [0.2, 0.25) is 5.96 Å². The molecule has 1 aliphatic heterocycles.